The summed E-state index contributed by atoms with van der Waals surface area (Å²) in [5.74, 6) is 0.796. The molecule has 0 aromatic heterocycles. The van der Waals surface area contributed by atoms with Gasteiger partial charge in [-0.15, -0.1) is 0 Å². The van der Waals surface area contributed by atoms with Crippen LogP contribution in [0.5, 0.6) is 0 Å². The quantitative estimate of drug-likeness (QED) is 0.502. The minimum absolute atomic E-state index is 0.652. The molecule has 0 saturated carbocycles. The first kappa shape index (κ1) is 12.6. The lowest BCUT2D eigenvalue weighted by atomic mass is 10.00. The van der Waals surface area contributed by atoms with Crippen molar-refractivity contribution >= 4 is 24.4 Å². The number of carbonyl (C=O) groups excluding carboxylic acids is 1. The van der Waals surface area contributed by atoms with E-state index in [0.29, 0.717) is 5.69 Å². The van der Waals surface area contributed by atoms with E-state index in [1.807, 2.05) is 42.5 Å². The predicted octanol–water partition coefficient (Wildman–Crippen LogP) is 3.79. The maximum atomic E-state index is 10.5. The second kappa shape index (κ2) is 6.20. The number of aryl methyl sites for hydroxylation is 1. The Morgan fingerprint density at radius 3 is 2.56 bits per heavy atom. The molecule has 0 fully saturated rings. The SMILES string of the molecule is O=C=Nc1ccc(CCS)cc1-c1ccccc1. The van der Waals surface area contributed by atoms with Crippen LogP contribution in [0.2, 0.25) is 0 Å². The van der Waals surface area contributed by atoms with E-state index in [2.05, 4.69) is 23.7 Å². The van der Waals surface area contributed by atoms with Gasteiger partial charge in [-0.3, -0.25) is 0 Å². The highest BCUT2D eigenvalue weighted by molar-refractivity contribution is 7.80. The lowest BCUT2D eigenvalue weighted by molar-refractivity contribution is 0.565. The fraction of sp³-hybridized carbons (Fsp3) is 0.133. The molecule has 0 N–H and O–H groups in total. The van der Waals surface area contributed by atoms with Crippen LogP contribution in [0.15, 0.2) is 53.5 Å². The first-order chi connectivity index (χ1) is 8.85. The zero-order valence-electron chi connectivity index (χ0n) is 9.84. The molecular formula is C15H13NOS. The van der Waals surface area contributed by atoms with Gasteiger partial charge < -0.3 is 0 Å². The molecule has 0 spiro atoms. The van der Waals surface area contributed by atoms with Crippen LogP contribution in [-0.2, 0) is 11.2 Å². The lowest BCUT2D eigenvalue weighted by Gasteiger charge is -2.07. The summed E-state index contributed by atoms with van der Waals surface area (Å²) in [5.41, 5.74) is 3.85. The van der Waals surface area contributed by atoms with Crippen molar-refractivity contribution in [2.45, 2.75) is 6.42 Å². The Labute approximate surface area is 112 Å². The summed E-state index contributed by atoms with van der Waals surface area (Å²) in [6, 6.07) is 15.8. The van der Waals surface area contributed by atoms with Crippen LogP contribution in [0.4, 0.5) is 5.69 Å². The molecule has 18 heavy (non-hydrogen) atoms. The molecule has 2 aromatic carbocycles. The number of benzene rings is 2. The van der Waals surface area contributed by atoms with E-state index < -0.39 is 0 Å². The number of hydrogen-bond acceptors (Lipinski definition) is 3. The van der Waals surface area contributed by atoms with Gasteiger partial charge in [0.05, 0.1) is 5.69 Å². The first-order valence-corrected chi connectivity index (χ1v) is 6.35. The van der Waals surface area contributed by atoms with Crippen molar-refractivity contribution in [3.05, 3.63) is 54.1 Å². The van der Waals surface area contributed by atoms with Crippen molar-refractivity contribution in [3.63, 3.8) is 0 Å². The van der Waals surface area contributed by atoms with Crippen LogP contribution in [0, 0.1) is 0 Å². The van der Waals surface area contributed by atoms with Crippen LogP contribution in [0.1, 0.15) is 5.56 Å². The number of thiol groups is 1. The Morgan fingerprint density at radius 2 is 1.89 bits per heavy atom. The zero-order valence-corrected chi connectivity index (χ0v) is 10.7. The van der Waals surface area contributed by atoms with E-state index in [4.69, 9.17) is 0 Å². The van der Waals surface area contributed by atoms with Gasteiger partial charge in [-0.25, -0.2) is 4.79 Å². The Bertz CT molecular complexity index is 574. The molecule has 0 aliphatic carbocycles. The number of isocyanates is 1. The third kappa shape index (κ3) is 2.89. The molecule has 0 unspecified atom stereocenters. The molecule has 0 radical (unpaired) electrons. The smallest absolute Gasteiger partial charge is 0.211 e. The molecule has 2 nitrogen and oxygen atoms in total. The lowest BCUT2D eigenvalue weighted by Crippen LogP contribution is -1.88. The molecule has 2 aromatic rings. The van der Waals surface area contributed by atoms with Crippen LogP contribution >= 0.6 is 12.6 Å². The van der Waals surface area contributed by atoms with Gasteiger partial charge in [0.1, 0.15) is 0 Å². The molecule has 0 amide bonds. The number of nitrogens with zero attached hydrogens (tertiary/aromatic N) is 1. The second-order valence-corrected chi connectivity index (χ2v) is 4.34. The predicted molar refractivity (Wildman–Crippen MR) is 77.2 cm³/mol. The minimum Gasteiger partial charge on any atom is -0.211 e. The number of rotatable bonds is 4. The van der Waals surface area contributed by atoms with Gasteiger partial charge >= 0.3 is 0 Å². The Balaban J connectivity index is 2.54. The highest BCUT2D eigenvalue weighted by Crippen LogP contribution is 2.31. The van der Waals surface area contributed by atoms with Crippen molar-refractivity contribution in [2.24, 2.45) is 4.99 Å². The van der Waals surface area contributed by atoms with Crippen LogP contribution < -0.4 is 0 Å². The summed E-state index contributed by atoms with van der Waals surface area (Å²) < 4.78 is 0. The maximum Gasteiger partial charge on any atom is 0.240 e. The normalized spacial score (nSPS) is 9.83. The van der Waals surface area contributed by atoms with E-state index in [-0.39, 0.29) is 0 Å². The topological polar surface area (TPSA) is 29.4 Å². The minimum atomic E-state index is 0.652. The van der Waals surface area contributed by atoms with Gasteiger partial charge in [-0.1, -0.05) is 36.4 Å². The van der Waals surface area contributed by atoms with E-state index in [1.54, 1.807) is 6.08 Å². The van der Waals surface area contributed by atoms with Crippen molar-refractivity contribution in [1.29, 1.82) is 0 Å². The first-order valence-electron chi connectivity index (χ1n) is 5.72. The molecular weight excluding hydrogens is 242 g/mol. The Morgan fingerprint density at radius 1 is 1.11 bits per heavy atom. The van der Waals surface area contributed by atoms with E-state index in [0.717, 1.165) is 23.3 Å². The second-order valence-electron chi connectivity index (χ2n) is 3.89. The van der Waals surface area contributed by atoms with E-state index in [9.17, 15) is 4.79 Å². The van der Waals surface area contributed by atoms with Gasteiger partial charge in [-0.2, -0.15) is 17.6 Å². The molecule has 0 bridgehead atoms. The molecule has 0 atom stereocenters. The summed E-state index contributed by atoms with van der Waals surface area (Å²) in [6.45, 7) is 0. The van der Waals surface area contributed by atoms with Crippen LogP contribution in [0.3, 0.4) is 0 Å². The van der Waals surface area contributed by atoms with Crippen molar-refractivity contribution in [3.8, 4) is 11.1 Å². The molecule has 0 aliphatic rings. The summed E-state index contributed by atoms with van der Waals surface area (Å²) in [6.07, 6.45) is 2.50. The standard InChI is InChI=1S/C15H13NOS/c17-11-16-15-7-6-12(8-9-18)10-14(15)13-4-2-1-3-5-13/h1-7,10,18H,8-9H2. The molecule has 0 saturated heterocycles. The Kier molecular flexibility index (Phi) is 4.35. The van der Waals surface area contributed by atoms with Crippen molar-refractivity contribution in [2.75, 3.05) is 5.75 Å². The third-order valence-electron chi connectivity index (χ3n) is 2.71. The molecule has 90 valence electrons. The summed E-state index contributed by atoms with van der Waals surface area (Å²) in [5, 5.41) is 0. The van der Waals surface area contributed by atoms with Gasteiger partial charge in [-0.05, 0) is 35.4 Å². The van der Waals surface area contributed by atoms with Crippen molar-refractivity contribution < 1.29 is 4.79 Å². The van der Waals surface area contributed by atoms with Gasteiger partial charge in [0, 0.05) is 5.56 Å². The average Bonchev–Trinajstić information content (AvgIpc) is 2.42. The number of aliphatic imine (C=N–C) groups is 1. The van der Waals surface area contributed by atoms with Crippen molar-refractivity contribution in [1.82, 2.24) is 0 Å². The largest absolute Gasteiger partial charge is 0.240 e. The fourth-order valence-corrected chi connectivity index (χ4v) is 2.12. The summed E-state index contributed by atoms with van der Waals surface area (Å²) >= 11 is 4.23. The van der Waals surface area contributed by atoms with Gasteiger partial charge in [0.2, 0.25) is 6.08 Å². The van der Waals surface area contributed by atoms with Gasteiger partial charge in [0.15, 0.2) is 0 Å². The molecule has 0 heterocycles. The third-order valence-corrected chi connectivity index (χ3v) is 2.94. The highest BCUT2D eigenvalue weighted by atomic mass is 32.1. The zero-order chi connectivity index (χ0) is 12.8. The average molecular weight is 255 g/mol. The highest BCUT2D eigenvalue weighted by Gasteiger charge is 2.05. The fourth-order valence-electron chi connectivity index (χ4n) is 1.86. The molecule has 2 rings (SSSR count). The molecule has 3 heteroatoms. The van der Waals surface area contributed by atoms with Crippen LogP contribution in [-0.4, -0.2) is 11.8 Å². The monoisotopic (exact) mass is 255 g/mol. The maximum absolute atomic E-state index is 10.5. The van der Waals surface area contributed by atoms with Crippen LogP contribution in [0.25, 0.3) is 11.1 Å². The van der Waals surface area contributed by atoms with E-state index in [1.165, 1.54) is 5.56 Å². The van der Waals surface area contributed by atoms with Gasteiger partial charge in [0.25, 0.3) is 0 Å². The number of hydrogen-bond donors (Lipinski definition) is 1. The Hall–Kier alpha value is -1.83. The summed E-state index contributed by atoms with van der Waals surface area (Å²) in [4.78, 5) is 14.2. The molecule has 0 aliphatic heterocycles. The van der Waals surface area contributed by atoms with E-state index >= 15 is 0 Å². The summed E-state index contributed by atoms with van der Waals surface area (Å²) in [7, 11) is 0.